The molecule has 0 spiro atoms. The molecular formula is C16H24N4. The smallest absolute Gasteiger partial charge is 0.0965 e. The van der Waals surface area contributed by atoms with Crippen molar-refractivity contribution in [1.82, 2.24) is 20.3 Å². The minimum absolute atomic E-state index is 0.0200. The van der Waals surface area contributed by atoms with E-state index < -0.39 is 0 Å². The van der Waals surface area contributed by atoms with E-state index in [0.29, 0.717) is 6.04 Å². The van der Waals surface area contributed by atoms with Gasteiger partial charge in [-0.25, -0.2) is 4.68 Å². The van der Waals surface area contributed by atoms with E-state index in [1.165, 1.54) is 11.1 Å². The van der Waals surface area contributed by atoms with Gasteiger partial charge < -0.3 is 5.32 Å². The topological polar surface area (TPSA) is 42.7 Å². The number of hydrogen-bond acceptors (Lipinski definition) is 3. The quantitative estimate of drug-likeness (QED) is 0.929. The van der Waals surface area contributed by atoms with Crippen molar-refractivity contribution >= 4 is 0 Å². The van der Waals surface area contributed by atoms with E-state index in [2.05, 4.69) is 74.5 Å². The molecule has 4 heteroatoms. The highest BCUT2D eigenvalue weighted by molar-refractivity contribution is 5.23. The fourth-order valence-electron chi connectivity index (χ4n) is 1.94. The summed E-state index contributed by atoms with van der Waals surface area (Å²) in [5.74, 6) is 0. The molecule has 0 aliphatic heterocycles. The zero-order valence-corrected chi connectivity index (χ0v) is 13.0. The normalized spacial score (nSPS) is 13.4. The predicted octanol–water partition coefficient (Wildman–Crippen LogP) is 3.19. The molecule has 1 aromatic carbocycles. The second-order valence-corrected chi connectivity index (χ2v) is 6.34. The van der Waals surface area contributed by atoms with E-state index in [-0.39, 0.29) is 5.54 Å². The summed E-state index contributed by atoms with van der Waals surface area (Å²) in [6.07, 6.45) is 2.01. The summed E-state index contributed by atoms with van der Waals surface area (Å²) in [7, 11) is 0. The van der Waals surface area contributed by atoms with Crippen LogP contribution in [0.25, 0.3) is 0 Å². The zero-order valence-electron chi connectivity index (χ0n) is 13.0. The number of benzene rings is 1. The van der Waals surface area contributed by atoms with E-state index >= 15 is 0 Å². The highest BCUT2D eigenvalue weighted by Gasteiger charge is 2.15. The Morgan fingerprint density at radius 2 is 1.85 bits per heavy atom. The van der Waals surface area contributed by atoms with Crippen molar-refractivity contribution in [2.75, 3.05) is 0 Å². The molecule has 4 nitrogen and oxygen atoms in total. The third-order valence-corrected chi connectivity index (χ3v) is 3.39. The van der Waals surface area contributed by atoms with Crippen LogP contribution in [0.5, 0.6) is 0 Å². The van der Waals surface area contributed by atoms with Crippen LogP contribution in [0.2, 0.25) is 0 Å². The molecule has 1 atom stereocenters. The van der Waals surface area contributed by atoms with Gasteiger partial charge in [0.2, 0.25) is 0 Å². The van der Waals surface area contributed by atoms with Crippen LogP contribution in [0.1, 0.15) is 50.6 Å². The standard InChI is InChI=1S/C16H24N4/c1-12-6-8-14(9-7-12)13(2)17-10-15-11-20(19-18-15)16(3,4)5/h6-9,11,13,17H,10H2,1-5H3. The largest absolute Gasteiger partial charge is 0.304 e. The third kappa shape index (κ3) is 3.67. The van der Waals surface area contributed by atoms with Gasteiger partial charge in [0.1, 0.15) is 0 Å². The van der Waals surface area contributed by atoms with Gasteiger partial charge in [-0.15, -0.1) is 5.10 Å². The van der Waals surface area contributed by atoms with Crippen molar-refractivity contribution in [3.8, 4) is 0 Å². The van der Waals surface area contributed by atoms with Crippen molar-refractivity contribution in [3.05, 3.63) is 47.3 Å². The fraction of sp³-hybridized carbons (Fsp3) is 0.500. The Kier molecular flexibility index (Phi) is 4.23. The average Bonchev–Trinajstić information content (AvgIpc) is 2.85. The first kappa shape index (κ1) is 14.7. The lowest BCUT2D eigenvalue weighted by molar-refractivity contribution is 0.347. The van der Waals surface area contributed by atoms with Crippen molar-refractivity contribution in [3.63, 3.8) is 0 Å². The molecule has 0 radical (unpaired) electrons. The Labute approximate surface area is 121 Å². The van der Waals surface area contributed by atoms with Crippen molar-refractivity contribution < 1.29 is 0 Å². The van der Waals surface area contributed by atoms with Crippen LogP contribution >= 0.6 is 0 Å². The van der Waals surface area contributed by atoms with Crippen LogP contribution in [0, 0.1) is 6.92 Å². The van der Waals surface area contributed by atoms with E-state index in [0.717, 1.165) is 12.2 Å². The van der Waals surface area contributed by atoms with Gasteiger partial charge in [0.15, 0.2) is 0 Å². The summed E-state index contributed by atoms with van der Waals surface area (Å²) in [6, 6.07) is 8.92. The van der Waals surface area contributed by atoms with E-state index in [1.54, 1.807) is 0 Å². The first-order chi connectivity index (χ1) is 9.36. The molecule has 108 valence electrons. The van der Waals surface area contributed by atoms with Crippen molar-refractivity contribution in [2.45, 2.75) is 52.7 Å². The number of rotatable bonds is 4. The SMILES string of the molecule is Cc1ccc(C(C)NCc2cn(C(C)(C)C)nn2)cc1. The molecule has 0 bridgehead atoms. The van der Waals surface area contributed by atoms with E-state index in [4.69, 9.17) is 0 Å². The van der Waals surface area contributed by atoms with Crippen LogP contribution in [0.15, 0.2) is 30.5 Å². The van der Waals surface area contributed by atoms with Gasteiger partial charge in [-0.05, 0) is 40.2 Å². The molecule has 20 heavy (non-hydrogen) atoms. The lowest BCUT2D eigenvalue weighted by Crippen LogP contribution is -2.22. The molecule has 1 N–H and O–H groups in total. The maximum absolute atomic E-state index is 4.21. The summed E-state index contributed by atoms with van der Waals surface area (Å²) in [5.41, 5.74) is 3.53. The molecular weight excluding hydrogens is 248 g/mol. The molecule has 0 amide bonds. The molecule has 0 aliphatic carbocycles. The number of aromatic nitrogens is 3. The Morgan fingerprint density at radius 1 is 1.20 bits per heavy atom. The molecule has 2 aromatic rings. The number of nitrogens with zero attached hydrogens (tertiary/aromatic N) is 3. The zero-order chi connectivity index (χ0) is 14.8. The van der Waals surface area contributed by atoms with Crippen LogP contribution < -0.4 is 5.32 Å². The van der Waals surface area contributed by atoms with Crippen LogP contribution in [-0.4, -0.2) is 15.0 Å². The van der Waals surface area contributed by atoms with Gasteiger partial charge in [-0.2, -0.15) is 0 Å². The summed E-state index contributed by atoms with van der Waals surface area (Å²) in [6.45, 7) is 11.4. The Hall–Kier alpha value is -1.68. The molecule has 0 aliphatic rings. The summed E-state index contributed by atoms with van der Waals surface area (Å²) < 4.78 is 1.90. The summed E-state index contributed by atoms with van der Waals surface area (Å²) in [5, 5.41) is 11.9. The van der Waals surface area contributed by atoms with Gasteiger partial charge >= 0.3 is 0 Å². The van der Waals surface area contributed by atoms with Crippen molar-refractivity contribution in [1.29, 1.82) is 0 Å². The Morgan fingerprint density at radius 3 is 2.40 bits per heavy atom. The van der Waals surface area contributed by atoms with Gasteiger partial charge in [-0.3, -0.25) is 0 Å². The first-order valence-corrected chi connectivity index (χ1v) is 7.08. The van der Waals surface area contributed by atoms with Gasteiger partial charge in [0.05, 0.1) is 17.4 Å². The molecule has 0 saturated carbocycles. The first-order valence-electron chi connectivity index (χ1n) is 7.08. The minimum atomic E-state index is -0.0200. The third-order valence-electron chi connectivity index (χ3n) is 3.39. The molecule has 2 rings (SSSR count). The maximum Gasteiger partial charge on any atom is 0.0965 e. The van der Waals surface area contributed by atoms with Crippen LogP contribution in [0.3, 0.4) is 0 Å². The average molecular weight is 272 g/mol. The van der Waals surface area contributed by atoms with Gasteiger partial charge in [-0.1, -0.05) is 35.0 Å². The minimum Gasteiger partial charge on any atom is -0.304 e. The lowest BCUT2D eigenvalue weighted by Gasteiger charge is -2.17. The van der Waals surface area contributed by atoms with Crippen LogP contribution in [0.4, 0.5) is 0 Å². The fourth-order valence-corrected chi connectivity index (χ4v) is 1.94. The maximum atomic E-state index is 4.21. The van der Waals surface area contributed by atoms with Gasteiger partial charge in [0, 0.05) is 12.6 Å². The second kappa shape index (κ2) is 5.75. The molecule has 1 heterocycles. The predicted molar refractivity (Wildman–Crippen MR) is 81.5 cm³/mol. The van der Waals surface area contributed by atoms with E-state index in [1.807, 2.05) is 10.9 Å². The molecule has 1 aromatic heterocycles. The van der Waals surface area contributed by atoms with E-state index in [9.17, 15) is 0 Å². The molecule has 1 unspecified atom stereocenters. The number of nitrogens with one attached hydrogen (secondary N) is 1. The van der Waals surface area contributed by atoms with Crippen LogP contribution in [-0.2, 0) is 12.1 Å². The number of aryl methyl sites for hydroxylation is 1. The molecule has 0 saturated heterocycles. The Bertz CT molecular complexity index is 549. The highest BCUT2D eigenvalue weighted by Crippen LogP contribution is 2.15. The van der Waals surface area contributed by atoms with Crippen molar-refractivity contribution in [2.24, 2.45) is 0 Å². The second-order valence-electron chi connectivity index (χ2n) is 6.34. The lowest BCUT2D eigenvalue weighted by atomic mass is 10.1. The van der Waals surface area contributed by atoms with Gasteiger partial charge in [0.25, 0.3) is 0 Å². The highest BCUT2D eigenvalue weighted by atomic mass is 15.4. The molecule has 0 fully saturated rings. The monoisotopic (exact) mass is 272 g/mol. The summed E-state index contributed by atoms with van der Waals surface area (Å²) in [4.78, 5) is 0. The number of hydrogen-bond donors (Lipinski definition) is 1. The summed E-state index contributed by atoms with van der Waals surface area (Å²) >= 11 is 0. The Balaban J connectivity index is 1.95.